The van der Waals surface area contributed by atoms with E-state index in [-0.39, 0.29) is 29.7 Å². The molecule has 26 heavy (non-hydrogen) atoms. The highest BCUT2D eigenvalue weighted by Gasteiger charge is 2.33. The smallest absolute Gasteiger partial charge is 0.335 e. The molecule has 0 saturated heterocycles. The Morgan fingerprint density at radius 2 is 2.00 bits per heavy atom. The summed E-state index contributed by atoms with van der Waals surface area (Å²) in [7, 11) is 0. The van der Waals surface area contributed by atoms with Crippen LogP contribution in [0.5, 0.6) is 5.75 Å². The normalized spacial score (nSPS) is 15.8. The van der Waals surface area contributed by atoms with Gasteiger partial charge in [0.2, 0.25) is 5.91 Å². The second-order valence-corrected chi connectivity index (χ2v) is 6.09. The third kappa shape index (κ3) is 3.51. The zero-order chi connectivity index (χ0) is 18.8. The largest absolute Gasteiger partial charge is 0.479 e. The van der Waals surface area contributed by atoms with Crippen LogP contribution in [0.15, 0.2) is 42.5 Å². The van der Waals surface area contributed by atoms with Crippen LogP contribution in [0.4, 0.5) is 11.4 Å². The van der Waals surface area contributed by atoms with E-state index in [0.717, 1.165) is 5.56 Å². The first kappa shape index (κ1) is 17.5. The number of hydrogen-bond donors (Lipinski definition) is 2. The Balaban J connectivity index is 1.83. The minimum atomic E-state index is -1.09. The molecule has 0 bridgehead atoms. The Bertz CT molecular complexity index is 893. The number of carbonyl (C=O) groups is 3. The first-order valence-corrected chi connectivity index (χ1v) is 8.07. The van der Waals surface area contributed by atoms with Crippen molar-refractivity contribution < 1.29 is 24.2 Å². The number of hydrogen-bond acceptors (Lipinski definition) is 4. The van der Waals surface area contributed by atoms with E-state index >= 15 is 0 Å². The summed E-state index contributed by atoms with van der Waals surface area (Å²) in [6.07, 6.45) is -0.807. The van der Waals surface area contributed by atoms with Gasteiger partial charge in [-0.15, -0.1) is 0 Å². The highest BCUT2D eigenvalue weighted by molar-refractivity contribution is 6.06. The van der Waals surface area contributed by atoms with Crippen LogP contribution in [-0.2, 0) is 9.59 Å². The van der Waals surface area contributed by atoms with Gasteiger partial charge >= 0.3 is 5.97 Å². The molecule has 2 amide bonds. The van der Waals surface area contributed by atoms with Gasteiger partial charge in [0.05, 0.1) is 11.3 Å². The number of aryl methyl sites for hydroxylation is 1. The van der Waals surface area contributed by atoms with Crippen LogP contribution in [0.2, 0.25) is 0 Å². The van der Waals surface area contributed by atoms with Gasteiger partial charge in [-0.25, -0.2) is 4.79 Å². The lowest BCUT2D eigenvalue weighted by molar-refractivity contribution is -0.127. The molecule has 134 valence electrons. The number of rotatable bonds is 4. The average Bonchev–Trinajstić information content (AvgIpc) is 2.58. The molecular weight excluding hydrogens is 336 g/mol. The van der Waals surface area contributed by atoms with Crippen molar-refractivity contribution in [3.63, 3.8) is 0 Å². The molecule has 2 N–H and O–H groups in total. The highest BCUT2D eigenvalue weighted by Crippen LogP contribution is 2.34. The lowest BCUT2D eigenvalue weighted by Crippen LogP contribution is -2.47. The summed E-state index contributed by atoms with van der Waals surface area (Å²) in [4.78, 5) is 37.3. The molecule has 7 heteroatoms. The number of nitrogens with zero attached hydrogens (tertiary/aromatic N) is 1. The highest BCUT2D eigenvalue weighted by atomic mass is 16.5. The fourth-order valence-corrected chi connectivity index (χ4v) is 2.77. The molecule has 1 unspecified atom stereocenters. The first-order chi connectivity index (χ1) is 12.3. The molecule has 1 heterocycles. The third-order valence-corrected chi connectivity index (χ3v) is 4.02. The van der Waals surface area contributed by atoms with E-state index < -0.39 is 12.1 Å². The summed E-state index contributed by atoms with van der Waals surface area (Å²) in [5.74, 6) is -1.55. The number of amides is 2. The van der Waals surface area contributed by atoms with Crippen LogP contribution in [0.25, 0.3) is 0 Å². The SMILES string of the molecule is Cc1cccc(NC(=O)CN2C(=O)C(C)Oc3cc(C(=O)O)ccc32)c1. The van der Waals surface area contributed by atoms with E-state index in [1.165, 1.54) is 23.1 Å². The first-order valence-electron chi connectivity index (χ1n) is 8.07. The Labute approximate surface area is 150 Å². The molecule has 3 rings (SSSR count). The zero-order valence-electron chi connectivity index (χ0n) is 14.4. The second-order valence-electron chi connectivity index (χ2n) is 6.09. The van der Waals surface area contributed by atoms with Crippen molar-refractivity contribution in [1.82, 2.24) is 0 Å². The second kappa shape index (κ2) is 6.87. The predicted molar refractivity (Wildman–Crippen MR) is 95.7 cm³/mol. The number of fused-ring (bicyclic) bond motifs is 1. The third-order valence-electron chi connectivity index (χ3n) is 4.02. The predicted octanol–water partition coefficient (Wildman–Crippen LogP) is 2.45. The Morgan fingerprint density at radius 1 is 1.23 bits per heavy atom. The molecule has 1 aliphatic rings. The van der Waals surface area contributed by atoms with Crippen molar-refractivity contribution in [3.05, 3.63) is 53.6 Å². The van der Waals surface area contributed by atoms with Gasteiger partial charge in [0, 0.05) is 5.69 Å². The van der Waals surface area contributed by atoms with Crippen LogP contribution < -0.4 is 15.0 Å². The van der Waals surface area contributed by atoms with Crippen molar-refractivity contribution >= 4 is 29.2 Å². The van der Waals surface area contributed by atoms with Crippen LogP contribution in [0, 0.1) is 6.92 Å². The van der Waals surface area contributed by atoms with Crippen LogP contribution in [-0.4, -0.2) is 35.5 Å². The van der Waals surface area contributed by atoms with E-state index in [1.54, 1.807) is 13.0 Å². The molecule has 0 aromatic heterocycles. The van der Waals surface area contributed by atoms with E-state index in [1.807, 2.05) is 25.1 Å². The van der Waals surface area contributed by atoms with Gasteiger partial charge in [-0.2, -0.15) is 0 Å². The summed E-state index contributed by atoms with van der Waals surface area (Å²) >= 11 is 0. The van der Waals surface area contributed by atoms with Crippen molar-refractivity contribution in [2.45, 2.75) is 20.0 Å². The molecular formula is C19H18N2O5. The summed E-state index contributed by atoms with van der Waals surface area (Å²) < 4.78 is 5.49. The Morgan fingerprint density at radius 3 is 2.69 bits per heavy atom. The molecule has 0 saturated carbocycles. The number of aromatic carboxylic acids is 1. The molecule has 1 atom stereocenters. The molecule has 0 spiro atoms. The average molecular weight is 354 g/mol. The maximum absolute atomic E-state index is 12.5. The summed E-state index contributed by atoms with van der Waals surface area (Å²) in [6, 6.07) is 11.5. The number of carbonyl (C=O) groups excluding carboxylic acids is 2. The fraction of sp³-hybridized carbons (Fsp3) is 0.211. The fourth-order valence-electron chi connectivity index (χ4n) is 2.77. The number of carboxylic acids is 1. The number of nitrogens with one attached hydrogen (secondary N) is 1. The number of benzene rings is 2. The van der Waals surface area contributed by atoms with Gasteiger partial charge in [0.1, 0.15) is 12.3 Å². The van der Waals surface area contributed by atoms with Crippen LogP contribution >= 0.6 is 0 Å². The summed E-state index contributed by atoms with van der Waals surface area (Å²) in [6.45, 7) is 3.28. The molecule has 1 aliphatic heterocycles. The molecule has 2 aromatic rings. The zero-order valence-corrected chi connectivity index (χ0v) is 14.4. The molecule has 0 aliphatic carbocycles. The van der Waals surface area contributed by atoms with Crippen LogP contribution in [0.3, 0.4) is 0 Å². The van der Waals surface area contributed by atoms with Gasteiger partial charge in [0.15, 0.2) is 6.10 Å². The van der Waals surface area contributed by atoms with Crippen molar-refractivity contribution in [3.8, 4) is 5.75 Å². The monoisotopic (exact) mass is 354 g/mol. The maximum atomic E-state index is 12.5. The quantitative estimate of drug-likeness (QED) is 0.879. The van der Waals surface area contributed by atoms with Crippen molar-refractivity contribution in [2.24, 2.45) is 0 Å². The van der Waals surface area contributed by atoms with Crippen LogP contribution in [0.1, 0.15) is 22.8 Å². The van der Waals surface area contributed by atoms with E-state index in [2.05, 4.69) is 5.32 Å². The van der Waals surface area contributed by atoms with E-state index in [4.69, 9.17) is 9.84 Å². The Hall–Kier alpha value is -3.35. The van der Waals surface area contributed by atoms with Gasteiger partial charge in [-0.1, -0.05) is 12.1 Å². The number of anilines is 2. The lowest BCUT2D eigenvalue weighted by atomic mass is 10.1. The van der Waals surface area contributed by atoms with E-state index in [9.17, 15) is 14.4 Å². The van der Waals surface area contributed by atoms with E-state index in [0.29, 0.717) is 11.4 Å². The van der Waals surface area contributed by atoms with Gasteiger partial charge in [0.25, 0.3) is 5.91 Å². The summed E-state index contributed by atoms with van der Waals surface area (Å²) in [5, 5.41) is 11.9. The van der Waals surface area contributed by atoms with Gasteiger partial charge in [-0.3, -0.25) is 14.5 Å². The maximum Gasteiger partial charge on any atom is 0.335 e. The molecule has 7 nitrogen and oxygen atoms in total. The molecule has 2 aromatic carbocycles. The lowest BCUT2D eigenvalue weighted by Gasteiger charge is -2.32. The molecule has 0 fully saturated rings. The summed E-state index contributed by atoms with van der Waals surface area (Å²) in [5.41, 5.74) is 2.07. The Kier molecular flexibility index (Phi) is 4.62. The molecule has 0 radical (unpaired) electrons. The van der Waals surface area contributed by atoms with Crippen molar-refractivity contribution in [2.75, 3.05) is 16.8 Å². The number of ether oxygens (including phenoxy) is 1. The van der Waals surface area contributed by atoms with Gasteiger partial charge < -0.3 is 15.2 Å². The minimum absolute atomic E-state index is 0.0504. The topological polar surface area (TPSA) is 95.9 Å². The van der Waals surface area contributed by atoms with Crippen molar-refractivity contribution in [1.29, 1.82) is 0 Å². The minimum Gasteiger partial charge on any atom is -0.479 e. The number of carboxylic acid groups (broad SMARTS) is 1. The van der Waals surface area contributed by atoms with Gasteiger partial charge in [-0.05, 0) is 49.7 Å². The standard InChI is InChI=1S/C19H18N2O5/c1-11-4-3-5-14(8-11)20-17(22)10-21-15-7-6-13(19(24)25)9-16(15)26-12(2)18(21)23/h3-9,12H,10H2,1-2H3,(H,20,22)(H,24,25).